The van der Waals surface area contributed by atoms with Crippen molar-refractivity contribution < 1.29 is 56.9 Å². The number of hydrogen-bond acceptors (Lipinski definition) is 4. The van der Waals surface area contributed by atoms with Crippen molar-refractivity contribution in [3.05, 3.63) is 23.8 Å². The van der Waals surface area contributed by atoms with E-state index >= 15 is 0 Å². The van der Waals surface area contributed by atoms with Crippen molar-refractivity contribution in [2.75, 3.05) is 7.11 Å². The van der Waals surface area contributed by atoms with Gasteiger partial charge in [-0.05, 0) is 18.2 Å². The SMILES string of the molecule is COc1cc(C(=O)O)ccc1OC(=O)C(C)C.[Y]. The van der Waals surface area contributed by atoms with Gasteiger partial charge in [-0.25, -0.2) is 4.79 Å². The first-order chi connectivity index (χ1) is 7.95. The van der Waals surface area contributed by atoms with Gasteiger partial charge in [0.25, 0.3) is 0 Å². The third kappa shape index (κ3) is 4.39. The fraction of sp³-hybridized carbons (Fsp3) is 0.333. The Hall–Kier alpha value is -0.936. The molecule has 1 N–H and O–H groups in total. The molecule has 0 heterocycles. The van der Waals surface area contributed by atoms with E-state index in [2.05, 4.69) is 0 Å². The van der Waals surface area contributed by atoms with Crippen molar-refractivity contribution >= 4 is 11.9 Å². The van der Waals surface area contributed by atoms with Crippen LogP contribution in [0.1, 0.15) is 24.2 Å². The molecular weight excluding hydrogens is 313 g/mol. The molecule has 0 spiro atoms. The summed E-state index contributed by atoms with van der Waals surface area (Å²) in [5, 5.41) is 8.80. The molecule has 1 aromatic carbocycles. The summed E-state index contributed by atoms with van der Waals surface area (Å²) in [4.78, 5) is 22.2. The summed E-state index contributed by atoms with van der Waals surface area (Å²) < 4.78 is 10.1. The van der Waals surface area contributed by atoms with Gasteiger partial charge in [0.1, 0.15) is 0 Å². The van der Waals surface area contributed by atoms with E-state index in [1.54, 1.807) is 13.8 Å². The van der Waals surface area contributed by atoms with Crippen LogP contribution in [0.25, 0.3) is 0 Å². The Morgan fingerprint density at radius 1 is 1.22 bits per heavy atom. The molecule has 0 unspecified atom stereocenters. The molecular formula is C12H14O5Y. The Kier molecular flexibility index (Phi) is 7.10. The topological polar surface area (TPSA) is 72.8 Å². The van der Waals surface area contributed by atoms with Crippen molar-refractivity contribution in [3.63, 3.8) is 0 Å². The summed E-state index contributed by atoms with van der Waals surface area (Å²) in [5.41, 5.74) is 0.0752. The maximum Gasteiger partial charge on any atom is 0.335 e. The second-order valence-corrected chi connectivity index (χ2v) is 3.75. The van der Waals surface area contributed by atoms with Crippen LogP contribution in [-0.4, -0.2) is 24.2 Å². The summed E-state index contributed by atoms with van der Waals surface area (Å²) >= 11 is 0. The molecule has 1 aromatic rings. The molecule has 1 rings (SSSR count). The summed E-state index contributed by atoms with van der Waals surface area (Å²) in [5.74, 6) is -1.29. The van der Waals surface area contributed by atoms with E-state index in [-0.39, 0.29) is 55.7 Å². The molecule has 0 aliphatic carbocycles. The molecule has 1 radical (unpaired) electrons. The minimum Gasteiger partial charge on any atom is -0.493 e. The van der Waals surface area contributed by atoms with Gasteiger partial charge in [0.2, 0.25) is 0 Å². The summed E-state index contributed by atoms with van der Waals surface area (Å²) in [6, 6.07) is 4.07. The zero-order chi connectivity index (χ0) is 13.0. The third-order valence-corrected chi connectivity index (χ3v) is 2.09. The molecule has 6 heteroatoms. The third-order valence-electron chi connectivity index (χ3n) is 2.09. The average molecular weight is 327 g/mol. The molecule has 0 aliphatic rings. The largest absolute Gasteiger partial charge is 0.493 e. The number of hydrogen-bond donors (Lipinski definition) is 1. The van der Waals surface area contributed by atoms with E-state index in [9.17, 15) is 9.59 Å². The van der Waals surface area contributed by atoms with Crippen molar-refractivity contribution in [1.82, 2.24) is 0 Å². The minimum absolute atomic E-state index is 0. The van der Waals surface area contributed by atoms with Gasteiger partial charge >= 0.3 is 11.9 Å². The smallest absolute Gasteiger partial charge is 0.335 e. The van der Waals surface area contributed by atoms with Crippen LogP contribution >= 0.6 is 0 Å². The van der Waals surface area contributed by atoms with Crippen LogP contribution in [0.4, 0.5) is 0 Å². The first-order valence-electron chi connectivity index (χ1n) is 5.08. The zero-order valence-corrected chi connectivity index (χ0v) is 13.3. The molecule has 0 aromatic heterocycles. The molecule has 0 bridgehead atoms. The standard InChI is InChI=1S/C12H14O5.Y/c1-7(2)12(15)17-9-5-4-8(11(13)14)6-10(9)16-3;/h4-7H,1-3H3,(H,13,14);. The Balaban J connectivity index is 0.00000289. The van der Waals surface area contributed by atoms with Crippen LogP contribution in [0.2, 0.25) is 0 Å². The van der Waals surface area contributed by atoms with Crippen LogP contribution in [0.15, 0.2) is 18.2 Å². The van der Waals surface area contributed by atoms with Crippen LogP contribution in [0.5, 0.6) is 11.5 Å². The van der Waals surface area contributed by atoms with Gasteiger partial charge in [-0.1, -0.05) is 13.8 Å². The predicted molar refractivity (Wildman–Crippen MR) is 60.4 cm³/mol. The number of methoxy groups -OCH3 is 1. The number of benzene rings is 1. The number of aromatic carboxylic acids is 1. The Morgan fingerprint density at radius 3 is 2.28 bits per heavy atom. The first kappa shape index (κ1) is 17.1. The summed E-state index contributed by atoms with van der Waals surface area (Å²) in [6.45, 7) is 3.42. The monoisotopic (exact) mass is 327 g/mol. The number of carboxylic acid groups (broad SMARTS) is 1. The van der Waals surface area contributed by atoms with E-state index in [1.165, 1.54) is 25.3 Å². The molecule has 5 nitrogen and oxygen atoms in total. The maximum absolute atomic E-state index is 11.4. The fourth-order valence-electron chi connectivity index (χ4n) is 1.11. The van der Waals surface area contributed by atoms with Crippen molar-refractivity contribution in [3.8, 4) is 11.5 Å². The number of carbonyl (C=O) groups excluding carboxylic acids is 1. The Labute approximate surface area is 130 Å². The van der Waals surface area contributed by atoms with Crippen molar-refractivity contribution in [2.45, 2.75) is 13.8 Å². The zero-order valence-electron chi connectivity index (χ0n) is 10.5. The van der Waals surface area contributed by atoms with Gasteiger partial charge in [0.15, 0.2) is 11.5 Å². The normalized spacial score (nSPS) is 9.56. The van der Waals surface area contributed by atoms with Gasteiger partial charge in [-0.15, -0.1) is 0 Å². The molecule has 0 saturated carbocycles. The molecule has 0 fully saturated rings. The minimum atomic E-state index is -1.06. The van der Waals surface area contributed by atoms with Gasteiger partial charge < -0.3 is 14.6 Å². The van der Waals surface area contributed by atoms with Gasteiger partial charge in [-0.2, -0.15) is 0 Å². The fourth-order valence-corrected chi connectivity index (χ4v) is 1.11. The Bertz CT molecular complexity index is 442. The maximum atomic E-state index is 11.4. The quantitative estimate of drug-likeness (QED) is 0.676. The van der Waals surface area contributed by atoms with Gasteiger partial charge in [0.05, 0.1) is 18.6 Å². The Morgan fingerprint density at radius 2 is 1.83 bits per heavy atom. The molecule has 0 saturated heterocycles. The van der Waals surface area contributed by atoms with E-state index < -0.39 is 11.9 Å². The van der Waals surface area contributed by atoms with E-state index in [0.29, 0.717) is 0 Å². The van der Waals surface area contributed by atoms with E-state index in [4.69, 9.17) is 14.6 Å². The second kappa shape index (κ2) is 7.49. The predicted octanol–water partition coefficient (Wildman–Crippen LogP) is 1.95. The summed E-state index contributed by atoms with van der Waals surface area (Å²) in [7, 11) is 1.38. The molecule has 0 amide bonds. The van der Waals surface area contributed by atoms with Crippen molar-refractivity contribution in [1.29, 1.82) is 0 Å². The van der Waals surface area contributed by atoms with E-state index in [0.717, 1.165) is 0 Å². The first-order valence-corrected chi connectivity index (χ1v) is 5.08. The van der Waals surface area contributed by atoms with Gasteiger partial charge in [0, 0.05) is 32.7 Å². The number of carbonyl (C=O) groups is 2. The van der Waals surface area contributed by atoms with Crippen molar-refractivity contribution in [2.24, 2.45) is 5.92 Å². The summed E-state index contributed by atoms with van der Waals surface area (Å²) in [6.07, 6.45) is 0. The van der Waals surface area contributed by atoms with E-state index in [1.807, 2.05) is 0 Å². The van der Waals surface area contributed by atoms with Crippen LogP contribution in [-0.2, 0) is 37.5 Å². The van der Waals surface area contributed by atoms with Gasteiger partial charge in [-0.3, -0.25) is 4.79 Å². The number of esters is 1. The van der Waals surface area contributed by atoms with Crippen LogP contribution in [0.3, 0.4) is 0 Å². The average Bonchev–Trinajstić information content (AvgIpc) is 2.28. The molecule has 0 atom stereocenters. The molecule has 0 aliphatic heterocycles. The number of rotatable bonds is 4. The molecule has 95 valence electrons. The second-order valence-electron chi connectivity index (χ2n) is 3.75. The number of ether oxygens (including phenoxy) is 2. The van der Waals surface area contributed by atoms with Crippen LogP contribution in [0, 0.1) is 5.92 Å². The molecule has 18 heavy (non-hydrogen) atoms. The number of carboxylic acids is 1. The van der Waals surface area contributed by atoms with Crippen LogP contribution < -0.4 is 9.47 Å².